The van der Waals surface area contributed by atoms with Gasteiger partial charge in [-0.3, -0.25) is 9.69 Å². The van der Waals surface area contributed by atoms with Crippen molar-refractivity contribution < 1.29 is 22.7 Å². The predicted octanol–water partition coefficient (Wildman–Crippen LogP) is 2.99. The minimum Gasteiger partial charge on any atom is -0.459 e. The van der Waals surface area contributed by atoms with Crippen molar-refractivity contribution in [3.8, 4) is 0 Å². The van der Waals surface area contributed by atoms with E-state index in [0.29, 0.717) is 0 Å². The summed E-state index contributed by atoms with van der Waals surface area (Å²) in [5.41, 5.74) is -0.702. The monoisotopic (exact) mass is 269 g/mol. The maximum absolute atomic E-state index is 12.4. The Hall–Kier alpha value is -0.780. The fourth-order valence-electron chi connectivity index (χ4n) is 1.50. The van der Waals surface area contributed by atoms with E-state index in [-0.39, 0.29) is 0 Å². The molecule has 0 spiro atoms. The maximum Gasteiger partial charge on any atom is 0.401 e. The third-order valence-corrected chi connectivity index (χ3v) is 2.27. The van der Waals surface area contributed by atoms with Crippen LogP contribution in [0.2, 0.25) is 0 Å². The van der Waals surface area contributed by atoms with E-state index in [0.717, 1.165) is 4.90 Å². The Morgan fingerprint density at radius 1 is 1.17 bits per heavy atom. The van der Waals surface area contributed by atoms with Crippen LogP contribution in [0.25, 0.3) is 0 Å². The minimum absolute atomic E-state index is 0.394. The SMILES string of the molecule is CC(C)N(CC(F)(F)F)C(C)C(=O)OC(C)(C)C. The maximum atomic E-state index is 12.4. The van der Waals surface area contributed by atoms with Crippen molar-refractivity contribution in [3.63, 3.8) is 0 Å². The number of hydrogen-bond acceptors (Lipinski definition) is 3. The van der Waals surface area contributed by atoms with Gasteiger partial charge in [-0.05, 0) is 41.5 Å². The van der Waals surface area contributed by atoms with E-state index in [4.69, 9.17) is 4.74 Å². The van der Waals surface area contributed by atoms with Crippen LogP contribution < -0.4 is 0 Å². The molecular formula is C12H22F3NO2. The highest BCUT2D eigenvalue weighted by molar-refractivity contribution is 5.75. The number of carbonyl (C=O) groups is 1. The lowest BCUT2D eigenvalue weighted by Crippen LogP contribution is -2.49. The van der Waals surface area contributed by atoms with Gasteiger partial charge >= 0.3 is 12.1 Å². The van der Waals surface area contributed by atoms with Crippen LogP contribution in [0.1, 0.15) is 41.5 Å². The Kier molecular flexibility index (Phi) is 5.65. The van der Waals surface area contributed by atoms with Crippen LogP contribution in [0, 0.1) is 0 Å². The first kappa shape index (κ1) is 17.2. The number of halogens is 3. The zero-order chi connectivity index (χ0) is 14.7. The molecule has 6 heteroatoms. The molecule has 0 rings (SSSR count). The van der Waals surface area contributed by atoms with Crippen molar-refractivity contribution in [1.29, 1.82) is 0 Å². The van der Waals surface area contributed by atoms with E-state index in [9.17, 15) is 18.0 Å². The summed E-state index contributed by atoms with van der Waals surface area (Å²) in [6.07, 6.45) is -4.33. The second-order valence-corrected chi connectivity index (χ2v) is 5.59. The molecule has 0 saturated carbocycles. The molecule has 3 nitrogen and oxygen atoms in total. The van der Waals surface area contributed by atoms with Gasteiger partial charge < -0.3 is 4.74 Å². The Balaban J connectivity index is 4.77. The van der Waals surface area contributed by atoms with Gasteiger partial charge in [-0.1, -0.05) is 0 Å². The highest BCUT2D eigenvalue weighted by Gasteiger charge is 2.37. The molecular weight excluding hydrogens is 247 g/mol. The van der Waals surface area contributed by atoms with Gasteiger partial charge in [0.05, 0.1) is 6.54 Å². The lowest BCUT2D eigenvalue weighted by atomic mass is 10.1. The Bertz CT molecular complexity index is 282. The van der Waals surface area contributed by atoms with E-state index in [2.05, 4.69) is 0 Å². The number of esters is 1. The number of nitrogens with zero attached hydrogens (tertiary/aromatic N) is 1. The van der Waals surface area contributed by atoms with E-state index >= 15 is 0 Å². The van der Waals surface area contributed by atoms with E-state index < -0.39 is 36.4 Å². The van der Waals surface area contributed by atoms with Crippen molar-refractivity contribution >= 4 is 5.97 Å². The molecule has 0 amide bonds. The molecule has 0 aliphatic heterocycles. The zero-order valence-electron chi connectivity index (χ0n) is 11.8. The molecule has 0 radical (unpaired) electrons. The first-order chi connectivity index (χ1) is 7.83. The normalized spacial score (nSPS) is 15.1. The van der Waals surface area contributed by atoms with E-state index in [1.54, 1.807) is 34.6 Å². The van der Waals surface area contributed by atoms with Crippen LogP contribution in [0.4, 0.5) is 13.2 Å². The lowest BCUT2D eigenvalue weighted by Gasteiger charge is -2.33. The van der Waals surface area contributed by atoms with Crippen LogP contribution >= 0.6 is 0 Å². The molecule has 1 atom stereocenters. The summed E-state index contributed by atoms with van der Waals surface area (Å²) in [5.74, 6) is -0.638. The number of alkyl halides is 3. The Labute approximate surface area is 106 Å². The predicted molar refractivity (Wildman–Crippen MR) is 63.2 cm³/mol. The molecule has 108 valence electrons. The third kappa shape index (κ3) is 6.83. The highest BCUT2D eigenvalue weighted by Crippen LogP contribution is 2.21. The second-order valence-electron chi connectivity index (χ2n) is 5.59. The highest BCUT2D eigenvalue weighted by atomic mass is 19.4. The first-order valence-corrected chi connectivity index (χ1v) is 5.89. The minimum atomic E-state index is -4.33. The van der Waals surface area contributed by atoms with Gasteiger partial charge in [-0.25, -0.2) is 0 Å². The van der Waals surface area contributed by atoms with Gasteiger partial charge in [0.25, 0.3) is 0 Å². The van der Waals surface area contributed by atoms with Gasteiger partial charge in [0, 0.05) is 6.04 Å². The third-order valence-electron chi connectivity index (χ3n) is 2.27. The summed E-state index contributed by atoms with van der Waals surface area (Å²) < 4.78 is 42.4. The fraction of sp³-hybridized carbons (Fsp3) is 0.917. The zero-order valence-corrected chi connectivity index (χ0v) is 11.8. The second kappa shape index (κ2) is 5.91. The van der Waals surface area contributed by atoms with Gasteiger partial charge in [-0.2, -0.15) is 13.2 Å². The summed E-state index contributed by atoms with van der Waals surface area (Å²) in [6, 6.07) is -1.32. The Morgan fingerprint density at radius 3 is 1.89 bits per heavy atom. The van der Waals surface area contributed by atoms with Crippen molar-refractivity contribution in [2.75, 3.05) is 6.54 Å². The van der Waals surface area contributed by atoms with Crippen LogP contribution in [-0.2, 0) is 9.53 Å². The first-order valence-electron chi connectivity index (χ1n) is 5.89. The summed E-state index contributed by atoms with van der Waals surface area (Å²) >= 11 is 0. The number of hydrogen-bond donors (Lipinski definition) is 0. The molecule has 0 saturated heterocycles. The summed E-state index contributed by atoms with van der Waals surface area (Å²) in [7, 11) is 0. The fourth-order valence-corrected chi connectivity index (χ4v) is 1.50. The summed E-state index contributed by atoms with van der Waals surface area (Å²) in [6.45, 7) is 8.59. The number of rotatable bonds is 4. The van der Waals surface area contributed by atoms with Crippen molar-refractivity contribution in [2.45, 2.75) is 65.4 Å². The molecule has 0 aromatic rings. The van der Waals surface area contributed by atoms with Gasteiger partial charge in [0.15, 0.2) is 0 Å². The van der Waals surface area contributed by atoms with E-state index in [1.807, 2.05) is 0 Å². The average molecular weight is 269 g/mol. The molecule has 0 N–H and O–H groups in total. The van der Waals surface area contributed by atoms with Gasteiger partial charge in [-0.15, -0.1) is 0 Å². The van der Waals surface area contributed by atoms with E-state index in [1.165, 1.54) is 6.92 Å². The summed E-state index contributed by atoms with van der Waals surface area (Å²) in [4.78, 5) is 12.8. The average Bonchev–Trinajstić information content (AvgIpc) is 2.08. The van der Waals surface area contributed by atoms with Crippen molar-refractivity contribution in [1.82, 2.24) is 4.90 Å². The molecule has 0 bridgehead atoms. The molecule has 0 aliphatic carbocycles. The van der Waals surface area contributed by atoms with Crippen molar-refractivity contribution in [2.24, 2.45) is 0 Å². The van der Waals surface area contributed by atoms with Crippen LogP contribution in [0.3, 0.4) is 0 Å². The molecule has 1 unspecified atom stereocenters. The molecule has 0 fully saturated rings. The number of ether oxygens (including phenoxy) is 1. The lowest BCUT2D eigenvalue weighted by molar-refractivity contribution is -0.174. The van der Waals surface area contributed by atoms with Crippen LogP contribution in [-0.4, -0.2) is 41.3 Å². The van der Waals surface area contributed by atoms with Gasteiger partial charge in [0.2, 0.25) is 0 Å². The van der Waals surface area contributed by atoms with Crippen LogP contribution in [0.15, 0.2) is 0 Å². The largest absolute Gasteiger partial charge is 0.459 e. The molecule has 0 aromatic carbocycles. The molecule has 0 aliphatic rings. The van der Waals surface area contributed by atoms with Gasteiger partial charge in [0.1, 0.15) is 11.6 Å². The Morgan fingerprint density at radius 2 is 1.61 bits per heavy atom. The number of carbonyl (C=O) groups excluding carboxylic acids is 1. The topological polar surface area (TPSA) is 29.5 Å². The van der Waals surface area contributed by atoms with Crippen molar-refractivity contribution in [3.05, 3.63) is 0 Å². The quantitative estimate of drug-likeness (QED) is 0.735. The molecule has 0 aromatic heterocycles. The van der Waals surface area contributed by atoms with Crippen LogP contribution in [0.5, 0.6) is 0 Å². The standard InChI is InChI=1S/C12H22F3NO2/c1-8(2)16(7-12(13,14)15)9(3)10(17)18-11(4,5)6/h8-9H,7H2,1-6H3. The smallest absolute Gasteiger partial charge is 0.401 e. The molecule has 0 heterocycles. The summed E-state index contributed by atoms with van der Waals surface area (Å²) in [5, 5.41) is 0. The molecule has 18 heavy (non-hydrogen) atoms.